The number of likely N-dealkylation sites (tertiary alicyclic amines) is 1. The zero-order chi connectivity index (χ0) is 12.5. The molecule has 0 saturated carbocycles. The Bertz CT molecular complexity index is 389. The first-order chi connectivity index (χ1) is 7.90. The maximum Gasteiger partial charge on any atom is 0.237 e. The average Bonchev–Trinajstić information content (AvgIpc) is 2.65. The summed E-state index contributed by atoms with van der Waals surface area (Å²) in [5.74, 6) is -1.27. The number of hydrogen-bond acceptors (Lipinski definition) is 5. The molecule has 2 saturated heterocycles. The maximum atomic E-state index is 11.7. The van der Waals surface area contributed by atoms with Gasteiger partial charge in [0.1, 0.15) is 5.75 Å². The lowest BCUT2D eigenvalue weighted by Gasteiger charge is -2.37. The first-order valence-electron chi connectivity index (χ1n) is 5.64. The Morgan fingerprint density at radius 3 is 2.24 bits per heavy atom. The van der Waals surface area contributed by atoms with E-state index < -0.39 is 21.4 Å². The summed E-state index contributed by atoms with van der Waals surface area (Å²) in [5, 5.41) is 0. The average molecular weight is 263 g/mol. The molecule has 7 heteroatoms. The number of carbonyl (C=O) groups is 1. The van der Waals surface area contributed by atoms with Gasteiger partial charge >= 0.3 is 0 Å². The van der Waals surface area contributed by atoms with E-state index in [0.717, 1.165) is 6.26 Å². The molecule has 0 aliphatic carbocycles. The van der Waals surface area contributed by atoms with E-state index in [1.807, 2.05) is 0 Å². The molecular weight excluding hydrogens is 246 g/mol. The Labute approximate surface area is 101 Å². The Kier molecular flexibility index (Phi) is 3.42. The maximum absolute atomic E-state index is 11.7. The van der Waals surface area contributed by atoms with Gasteiger partial charge in [0.15, 0.2) is 15.6 Å². The number of amides is 1. The van der Waals surface area contributed by atoms with E-state index in [2.05, 4.69) is 0 Å². The SMILES string of the molecule is CS(=O)(=O)CC(=O)N1CCC2(CC1)OCCO2. The number of ether oxygens (including phenoxy) is 2. The standard InChI is InChI=1S/C10H17NO5S/c1-17(13,14)8-9(12)11-4-2-10(3-5-11)15-6-7-16-10/h2-8H2,1H3. The molecule has 0 atom stereocenters. The van der Waals surface area contributed by atoms with Crippen molar-refractivity contribution in [1.29, 1.82) is 0 Å². The number of sulfone groups is 1. The molecule has 6 nitrogen and oxygen atoms in total. The van der Waals surface area contributed by atoms with Gasteiger partial charge in [-0.05, 0) is 0 Å². The molecule has 2 fully saturated rings. The highest BCUT2D eigenvalue weighted by Gasteiger charge is 2.40. The molecule has 2 aliphatic heterocycles. The van der Waals surface area contributed by atoms with Crippen LogP contribution in [0.3, 0.4) is 0 Å². The normalized spacial score (nSPS) is 24.2. The van der Waals surface area contributed by atoms with Gasteiger partial charge in [-0.25, -0.2) is 8.42 Å². The zero-order valence-electron chi connectivity index (χ0n) is 9.85. The van der Waals surface area contributed by atoms with Crippen LogP contribution >= 0.6 is 0 Å². The van der Waals surface area contributed by atoms with E-state index in [9.17, 15) is 13.2 Å². The monoisotopic (exact) mass is 263 g/mol. The molecule has 0 aromatic rings. The van der Waals surface area contributed by atoms with Gasteiger partial charge in [-0.15, -0.1) is 0 Å². The Morgan fingerprint density at radius 2 is 1.76 bits per heavy atom. The van der Waals surface area contributed by atoms with Gasteiger partial charge in [0.25, 0.3) is 0 Å². The zero-order valence-corrected chi connectivity index (χ0v) is 10.7. The molecule has 2 aliphatic rings. The third kappa shape index (κ3) is 3.17. The van der Waals surface area contributed by atoms with Gasteiger partial charge in [0, 0.05) is 32.2 Å². The highest BCUT2D eigenvalue weighted by atomic mass is 32.2. The summed E-state index contributed by atoms with van der Waals surface area (Å²) in [5.41, 5.74) is 0. The van der Waals surface area contributed by atoms with Crippen LogP contribution < -0.4 is 0 Å². The van der Waals surface area contributed by atoms with Gasteiger partial charge in [0.2, 0.25) is 5.91 Å². The summed E-state index contributed by atoms with van der Waals surface area (Å²) in [6.07, 6.45) is 2.30. The first-order valence-corrected chi connectivity index (χ1v) is 7.70. The summed E-state index contributed by atoms with van der Waals surface area (Å²) in [4.78, 5) is 13.2. The number of hydrogen-bond donors (Lipinski definition) is 0. The minimum Gasteiger partial charge on any atom is -0.347 e. The predicted octanol–water partition coefficient (Wildman–Crippen LogP) is -0.603. The van der Waals surface area contributed by atoms with Crippen molar-refractivity contribution in [1.82, 2.24) is 4.90 Å². The predicted molar refractivity (Wildman–Crippen MR) is 60.2 cm³/mol. The lowest BCUT2D eigenvalue weighted by Crippen LogP contribution is -2.48. The fourth-order valence-electron chi connectivity index (χ4n) is 2.20. The topological polar surface area (TPSA) is 72.9 Å². The van der Waals surface area contributed by atoms with Crippen molar-refractivity contribution in [3.63, 3.8) is 0 Å². The second-order valence-electron chi connectivity index (χ2n) is 4.56. The second kappa shape index (κ2) is 4.55. The molecule has 0 N–H and O–H groups in total. The van der Waals surface area contributed by atoms with Crippen molar-refractivity contribution in [2.45, 2.75) is 18.6 Å². The van der Waals surface area contributed by atoms with E-state index in [4.69, 9.17) is 9.47 Å². The fraction of sp³-hybridized carbons (Fsp3) is 0.900. The van der Waals surface area contributed by atoms with Crippen LogP contribution in [0.1, 0.15) is 12.8 Å². The van der Waals surface area contributed by atoms with E-state index >= 15 is 0 Å². The number of carbonyl (C=O) groups excluding carboxylic acids is 1. The molecule has 2 heterocycles. The molecular formula is C10H17NO5S. The summed E-state index contributed by atoms with van der Waals surface area (Å²) in [7, 11) is -3.25. The smallest absolute Gasteiger partial charge is 0.237 e. The van der Waals surface area contributed by atoms with Crippen molar-refractivity contribution in [3.05, 3.63) is 0 Å². The van der Waals surface area contributed by atoms with Crippen LogP contribution in [0.5, 0.6) is 0 Å². The Balaban J connectivity index is 1.88. The van der Waals surface area contributed by atoms with Crippen LogP contribution in [0.2, 0.25) is 0 Å². The van der Waals surface area contributed by atoms with Crippen molar-refractivity contribution in [2.24, 2.45) is 0 Å². The van der Waals surface area contributed by atoms with Gasteiger partial charge < -0.3 is 14.4 Å². The molecule has 0 aromatic heterocycles. The quantitative estimate of drug-likeness (QED) is 0.665. The highest BCUT2D eigenvalue weighted by Crippen LogP contribution is 2.31. The fourth-order valence-corrected chi connectivity index (χ4v) is 2.83. The van der Waals surface area contributed by atoms with Crippen LogP contribution in [-0.2, 0) is 24.1 Å². The van der Waals surface area contributed by atoms with Crippen LogP contribution in [0.15, 0.2) is 0 Å². The summed E-state index contributed by atoms with van der Waals surface area (Å²) in [6, 6.07) is 0. The molecule has 0 bridgehead atoms. The van der Waals surface area contributed by atoms with Crippen molar-refractivity contribution >= 4 is 15.7 Å². The molecule has 17 heavy (non-hydrogen) atoms. The molecule has 1 spiro atoms. The Hall–Kier alpha value is -0.660. The molecule has 0 unspecified atom stereocenters. The van der Waals surface area contributed by atoms with Crippen molar-refractivity contribution < 1.29 is 22.7 Å². The molecule has 0 radical (unpaired) electrons. The number of piperidine rings is 1. The summed E-state index contributed by atoms with van der Waals surface area (Å²) < 4.78 is 33.1. The lowest BCUT2D eigenvalue weighted by molar-refractivity contribution is -0.186. The van der Waals surface area contributed by atoms with Crippen molar-refractivity contribution in [2.75, 3.05) is 38.3 Å². The minimum absolute atomic E-state index is 0.333. The van der Waals surface area contributed by atoms with Crippen molar-refractivity contribution in [3.8, 4) is 0 Å². The van der Waals surface area contributed by atoms with Crippen LogP contribution in [0.25, 0.3) is 0 Å². The summed E-state index contributed by atoms with van der Waals surface area (Å²) >= 11 is 0. The minimum atomic E-state index is -3.25. The highest BCUT2D eigenvalue weighted by molar-refractivity contribution is 7.91. The second-order valence-corrected chi connectivity index (χ2v) is 6.70. The largest absolute Gasteiger partial charge is 0.347 e. The number of nitrogens with zero attached hydrogens (tertiary/aromatic N) is 1. The third-order valence-corrected chi connectivity index (χ3v) is 3.85. The molecule has 1 amide bonds. The third-order valence-electron chi connectivity index (χ3n) is 3.08. The van der Waals surface area contributed by atoms with E-state index in [-0.39, 0.29) is 5.91 Å². The van der Waals surface area contributed by atoms with E-state index in [1.54, 1.807) is 4.90 Å². The molecule has 0 aromatic carbocycles. The lowest BCUT2D eigenvalue weighted by atomic mass is 10.0. The van der Waals surface area contributed by atoms with E-state index in [0.29, 0.717) is 39.1 Å². The summed E-state index contributed by atoms with van der Waals surface area (Å²) in [6.45, 7) is 2.18. The Morgan fingerprint density at radius 1 is 1.24 bits per heavy atom. The van der Waals surface area contributed by atoms with Gasteiger partial charge in [-0.3, -0.25) is 4.79 Å². The molecule has 98 valence electrons. The first kappa shape index (κ1) is 12.8. The van der Waals surface area contributed by atoms with Gasteiger partial charge in [0.05, 0.1) is 13.2 Å². The van der Waals surface area contributed by atoms with Gasteiger partial charge in [-0.2, -0.15) is 0 Å². The van der Waals surface area contributed by atoms with Crippen LogP contribution in [0, 0.1) is 0 Å². The van der Waals surface area contributed by atoms with Crippen LogP contribution in [-0.4, -0.2) is 63.3 Å². The van der Waals surface area contributed by atoms with Crippen LogP contribution in [0.4, 0.5) is 0 Å². The molecule has 2 rings (SSSR count). The van der Waals surface area contributed by atoms with E-state index in [1.165, 1.54) is 0 Å². The van der Waals surface area contributed by atoms with Gasteiger partial charge in [-0.1, -0.05) is 0 Å². The number of rotatable bonds is 2.